The van der Waals surface area contributed by atoms with Crippen LogP contribution >= 0.6 is 0 Å². The number of aromatic nitrogens is 1. The second kappa shape index (κ2) is 5.58. The Morgan fingerprint density at radius 3 is 2.94 bits per heavy atom. The van der Waals surface area contributed by atoms with Gasteiger partial charge in [-0.1, -0.05) is 6.07 Å². The molecule has 0 amide bonds. The normalized spacial score (nSPS) is 25.5. The van der Waals surface area contributed by atoms with Gasteiger partial charge in [0.25, 0.3) is 0 Å². The molecule has 4 nitrogen and oxygen atoms in total. The van der Waals surface area contributed by atoms with Crippen molar-refractivity contribution in [2.45, 2.75) is 38.0 Å². The second-order valence-electron chi connectivity index (χ2n) is 4.85. The van der Waals surface area contributed by atoms with Crippen molar-refractivity contribution in [2.75, 3.05) is 13.1 Å². The van der Waals surface area contributed by atoms with Gasteiger partial charge in [0.05, 0.1) is 17.8 Å². The van der Waals surface area contributed by atoms with Crippen LogP contribution in [-0.2, 0) is 0 Å². The molecular weight excluding hydrogens is 214 g/mol. The van der Waals surface area contributed by atoms with Crippen LogP contribution in [0.2, 0.25) is 0 Å². The number of aliphatic hydroxyl groups excluding tert-OH is 1. The fraction of sp³-hybridized carbons (Fsp3) is 0.615. The molecule has 0 spiro atoms. The lowest BCUT2D eigenvalue weighted by molar-refractivity contribution is 0.0393. The zero-order valence-electron chi connectivity index (χ0n) is 10.3. The summed E-state index contributed by atoms with van der Waals surface area (Å²) in [6.45, 7) is 3.68. The smallest absolute Gasteiger partial charge is 0.0671 e. The predicted molar refractivity (Wildman–Crippen MR) is 67.4 cm³/mol. The van der Waals surface area contributed by atoms with Crippen LogP contribution in [0.3, 0.4) is 0 Å². The van der Waals surface area contributed by atoms with Crippen molar-refractivity contribution >= 4 is 0 Å². The molecule has 3 unspecified atom stereocenters. The van der Waals surface area contributed by atoms with E-state index in [0.29, 0.717) is 6.54 Å². The summed E-state index contributed by atoms with van der Waals surface area (Å²) in [5.41, 5.74) is 7.08. The predicted octanol–water partition coefficient (Wildman–Crippen LogP) is 0.927. The molecule has 4 heteroatoms. The molecule has 0 radical (unpaired) electrons. The number of nitrogens with zero attached hydrogens (tertiary/aromatic N) is 2. The van der Waals surface area contributed by atoms with Gasteiger partial charge in [-0.25, -0.2) is 0 Å². The van der Waals surface area contributed by atoms with Gasteiger partial charge in [-0.3, -0.25) is 9.88 Å². The first-order chi connectivity index (χ1) is 8.18. The molecular formula is C13H21N3O. The SMILES string of the molecule is CC(N)C(c1ccccn1)N1CCCC(O)C1. The fourth-order valence-electron chi connectivity index (χ4n) is 2.58. The van der Waals surface area contributed by atoms with E-state index in [1.807, 2.05) is 25.1 Å². The molecule has 0 aromatic carbocycles. The molecule has 3 atom stereocenters. The number of likely N-dealkylation sites (tertiary alicyclic amines) is 1. The van der Waals surface area contributed by atoms with Crippen LogP contribution in [0.4, 0.5) is 0 Å². The highest BCUT2D eigenvalue weighted by Crippen LogP contribution is 2.25. The summed E-state index contributed by atoms with van der Waals surface area (Å²) in [6.07, 6.45) is 3.49. The largest absolute Gasteiger partial charge is 0.392 e. The van der Waals surface area contributed by atoms with Gasteiger partial charge in [-0.05, 0) is 38.4 Å². The van der Waals surface area contributed by atoms with E-state index in [1.165, 1.54) is 0 Å². The Bertz CT molecular complexity index is 342. The van der Waals surface area contributed by atoms with E-state index in [1.54, 1.807) is 6.20 Å². The molecule has 1 aromatic rings. The maximum Gasteiger partial charge on any atom is 0.0671 e. The molecule has 2 rings (SSSR count). The number of hydrogen-bond acceptors (Lipinski definition) is 4. The Morgan fingerprint density at radius 1 is 1.53 bits per heavy atom. The first kappa shape index (κ1) is 12.5. The second-order valence-corrected chi connectivity index (χ2v) is 4.85. The van der Waals surface area contributed by atoms with Gasteiger partial charge in [0.15, 0.2) is 0 Å². The number of aliphatic hydroxyl groups is 1. The van der Waals surface area contributed by atoms with E-state index >= 15 is 0 Å². The summed E-state index contributed by atoms with van der Waals surface area (Å²) in [6, 6.07) is 6.02. The van der Waals surface area contributed by atoms with Crippen molar-refractivity contribution < 1.29 is 5.11 Å². The van der Waals surface area contributed by atoms with Gasteiger partial charge >= 0.3 is 0 Å². The number of rotatable bonds is 3. The molecule has 0 saturated carbocycles. The molecule has 1 aliphatic rings. The highest BCUT2D eigenvalue weighted by atomic mass is 16.3. The van der Waals surface area contributed by atoms with Crippen LogP contribution in [0.25, 0.3) is 0 Å². The minimum atomic E-state index is -0.228. The van der Waals surface area contributed by atoms with Gasteiger partial charge in [0, 0.05) is 18.8 Å². The Hall–Kier alpha value is -0.970. The highest BCUT2D eigenvalue weighted by Gasteiger charge is 2.29. The van der Waals surface area contributed by atoms with Crippen molar-refractivity contribution in [3.05, 3.63) is 30.1 Å². The van der Waals surface area contributed by atoms with Crippen molar-refractivity contribution in [2.24, 2.45) is 5.73 Å². The topological polar surface area (TPSA) is 62.4 Å². The van der Waals surface area contributed by atoms with E-state index in [-0.39, 0.29) is 18.2 Å². The van der Waals surface area contributed by atoms with Gasteiger partial charge in [0.1, 0.15) is 0 Å². The van der Waals surface area contributed by atoms with Crippen LogP contribution in [0.15, 0.2) is 24.4 Å². The average Bonchev–Trinajstić information content (AvgIpc) is 2.30. The summed E-state index contributed by atoms with van der Waals surface area (Å²) < 4.78 is 0. The lowest BCUT2D eigenvalue weighted by Crippen LogP contribution is -2.46. The van der Waals surface area contributed by atoms with E-state index < -0.39 is 0 Å². The van der Waals surface area contributed by atoms with Crippen molar-refractivity contribution in [1.29, 1.82) is 0 Å². The lowest BCUT2D eigenvalue weighted by Gasteiger charge is -2.38. The lowest BCUT2D eigenvalue weighted by atomic mass is 9.99. The molecule has 1 aliphatic heterocycles. The van der Waals surface area contributed by atoms with Gasteiger partial charge < -0.3 is 10.8 Å². The van der Waals surface area contributed by atoms with Crippen LogP contribution in [0.5, 0.6) is 0 Å². The summed E-state index contributed by atoms with van der Waals surface area (Å²) >= 11 is 0. The van der Waals surface area contributed by atoms with E-state index in [9.17, 15) is 5.11 Å². The molecule has 2 heterocycles. The van der Waals surface area contributed by atoms with Crippen LogP contribution in [0.1, 0.15) is 31.5 Å². The standard InChI is InChI=1S/C13H21N3O/c1-10(14)13(12-6-2-3-7-15-12)16-8-4-5-11(17)9-16/h2-3,6-7,10-11,13,17H,4-5,8-9,14H2,1H3. The van der Waals surface area contributed by atoms with E-state index in [4.69, 9.17) is 5.73 Å². The van der Waals surface area contributed by atoms with Crippen molar-refractivity contribution in [1.82, 2.24) is 9.88 Å². The van der Waals surface area contributed by atoms with E-state index in [0.717, 1.165) is 25.1 Å². The maximum atomic E-state index is 9.75. The quantitative estimate of drug-likeness (QED) is 0.818. The third-order valence-electron chi connectivity index (χ3n) is 3.31. The molecule has 0 bridgehead atoms. The molecule has 0 aliphatic carbocycles. The molecule has 1 saturated heterocycles. The highest BCUT2D eigenvalue weighted by molar-refractivity contribution is 5.11. The monoisotopic (exact) mass is 235 g/mol. The number of piperidine rings is 1. The zero-order chi connectivity index (χ0) is 12.3. The molecule has 1 fully saturated rings. The third-order valence-corrected chi connectivity index (χ3v) is 3.31. The number of nitrogens with two attached hydrogens (primary N) is 1. The maximum absolute atomic E-state index is 9.75. The zero-order valence-corrected chi connectivity index (χ0v) is 10.3. The Balaban J connectivity index is 2.17. The summed E-state index contributed by atoms with van der Waals surface area (Å²) in [4.78, 5) is 6.65. The molecule has 94 valence electrons. The van der Waals surface area contributed by atoms with Crippen LogP contribution < -0.4 is 5.73 Å². The average molecular weight is 235 g/mol. The summed E-state index contributed by atoms with van der Waals surface area (Å²) in [7, 11) is 0. The molecule has 17 heavy (non-hydrogen) atoms. The van der Waals surface area contributed by atoms with Crippen molar-refractivity contribution in [3.8, 4) is 0 Å². The van der Waals surface area contributed by atoms with Gasteiger partial charge in [0.2, 0.25) is 0 Å². The van der Waals surface area contributed by atoms with Gasteiger partial charge in [-0.15, -0.1) is 0 Å². The summed E-state index contributed by atoms with van der Waals surface area (Å²) in [5.74, 6) is 0. The first-order valence-corrected chi connectivity index (χ1v) is 6.27. The van der Waals surface area contributed by atoms with Crippen LogP contribution in [0, 0.1) is 0 Å². The Kier molecular flexibility index (Phi) is 4.10. The Morgan fingerprint density at radius 2 is 2.35 bits per heavy atom. The number of pyridine rings is 1. The first-order valence-electron chi connectivity index (χ1n) is 6.27. The van der Waals surface area contributed by atoms with E-state index in [2.05, 4.69) is 9.88 Å². The number of β-amino-alcohol motifs (C(OH)–C–C–N with tert-alkyl or cyclic N) is 1. The molecule has 1 aromatic heterocycles. The van der Waals surface area contributed by atoms with Gasteiger partial charge in [-0.2, -0.15) is 0 Å². The van der Waals surface area contributed by atoms with Crippen molar-refractivity contribution in [3.63, 3.8) is 0 Å². The minimum Gasteiger partial charge on any atom is -0.392 e. The Labute approximate surface area is 102 Å². The molecule has 3 N–H and O–H groups in total. The minimum absolute atomic E-state index is 0.00944. The number of hydrogen-bond donors (Lipinski definition) is 2. The summed E-state index contributed by atoms with van der Waals surface area (Å²) in [5, 5.41) is 9.75. The third kappa shape index (κ3) is 3.03. The fourth-order valence-corrected chi connectivity index (χ4v) is 2.58. The van der Waals surface area contributed by atoms with Crippen LogP contribution in [-0.4, -0.2) is 40.2 Å².